The van der Waals surface area contributed by atoms with E-state index in [1.165, 1.54) is 0 Å². The number of carbonyl (C=O) groups is 1. The highest BCUT2D eigenvalue weighted by Gasteiger charge is 2.11. The number of rotatable bonds is 8. The summed E-state index contributed by atoms with van der Waals surface area (Å²) in [5, 5.41) is 5.71. The Balaban J connectivity index is 1.98. The SMILES string of the molecule is COCCOc1cc(NC(=O)NC(C)c2ccccc2)ccc1OC. The summed E-state index contributed by atoms with van der Waals surface area (Å²) in [6.45, 7) is 2.80. The maximum atomic E-state index is 12.2. The Morgan fingerprint density at radius 1 is 1.04 bits per heavy atom. The van der Waals surface area contributed by atoms with Crippen LogP contribution in [0.5, 0.6) is 11.5 Å². The van der Waals surface area contributed by atoms with Crippen LogP contribution in [-0.2, 0) is 4.74 Å². The second-order valence-electron chi connectivity index (χ2n) is 5.44. The summed E-state index contributed by atoms with van der Waals surface area (Å²) in [5.74, 6) is 1.15. The molecule has 0 radical (unpaired) electrons. The van der Waals surface area contributed by atoms with E-state index in [0.717, 1.165) is 5.56 Å². The van der Waals surface area contributed by atoms with E-state index in [2.05, 4.69) is 10.6 Å². The van der Waals surface area contributed by atoms with E-state index in [9.17, 15) is 4.79 Å². The minimum atomic E-state index is -0.288. The van der Waals surface area contributed by atoms with Crippen LogP contribution >= 0.6 is 0 Å². The fourth-order valence-electron chi connectivity index (χ4n) is 2.29. The van der Waals surface area contributed by atoms with Crippen LogP contribution in [0.3, 0.4) is 0 Å². The van der Waals surface area contributed by atoms with Gasteiger partial charge in [-0.25, -0.2) is 4.79 Å². The van der Waals surface area contributed by atoms with Crippen molar-refractivity contribution < 1.29 is 19.0 Å². The van der Waals surface area contributed by atoms with E-state index in [1.54, 1.807) is 32.4 Å². The average Bonchev–Trinajstić information content (AvgIpc) is 2.63. The van der Waals surface area contributed by atoms with Crippen LogP contribution in [0.25, 0.3) is 0 Å². The number of anilines is 1. The maximum Gasteiger partial charge on any atom is 0.319 e. The molecular weight excluding hydrogens is 320 g/mol. The number of methoxy groups -OCH3 is 2. The van der Waals surface area contributed by atoms with Crippen molar-refractivity contribution in [2.75, 3.05) is 32.8 Å². The van der Waals surface area contributed by atoms with Crippen molar-refractivity contribution in [3.05, 3.63) is 54.1 Å². The number of ether oxygens (including phenoxy) is 3. The predicted octanol–water partition coefficient (Wildman–Crippen LogP) is 3.60. The van der Waals surface area contributed by atoms with Gasteiger partial charge in [-0.3, -0.25) is 0 Å². The molecule has 2 aromatic carbocycles. The summed E-state index contributed by atoms with van der Waals surface area (Å²) >= 11 is 0. The zero-order valence-corrected chi connectivity index (χ0v) is 14.7. The Morgan fingerprint density at radius 3 is 2.48 bits per heavy atom. The van der Waals surface area contributed by atoms with Gasteiger partial charge in [-0.1, -0.05) is 30.3 Å². The molecule has 0 bridgehead atoms. The van der Waals surface area contributed by atoms with Gasteiger partial charge in [0, 0.05) is 18.9 Å². The number of hydrogen-bond acceptors (Lipinski definition) is 4. The van der Waals surface area contributed by atoms with E-state index >= 15 is 0 Å². The highest BCUT2D eigenvalue weighted by Crippen LogP contribution is 2.30. The van der Waals surface area contributed by atoms with Crippen LogP contribution in [0.4, 0.5) is 10.5 Å². The van der Waals surface area contributed by atoms with Crippen molar-refractivity contribution in [3.63, 3.8) is 0 Å². The van der Waals surface area contributed by atoms with Gasteiger partial charge >= 0.3 is 6.03 Å². The van der Waals surface area contributed by atoms with Crippen molar-refractivity contribution >= 4 is 11.7 Å². The molecule has 0 saturated carbocycles. The summed E-state index contributed by atoms with van der Waals surface area (Å²) in [4.78, 5) is 12.2. The van der Waals surface area contributed by atoms with Crippen LogP contribution in [0, 0.1) is 0 Å². The monoisotopic (exact) mass is 344 g/mol. The summed E-state index contributed by atoms with van der Waals surface area (Å²) in [6, 6.07) is 14.6. The molecule has 1 atom stereocenters. The van der Waals surface area contributed by atoms with E-state index in [-0.39, 0.29) is 12.1 Å². The first-order valence-electron chi connectivity index (χ1n) is 8.06. The van der Waals surface area contributed by atoms with Gasteiger partial charge in [-0.15, -0.1) is 0 Å². The lowest BCUT2D eigenvalue weighted by Crippen LogP contribution is -2.31. The van der Waals surface area contributed by atoms with Gasteiger partial charge in [0.15, 0.2) is 11.5 Å². The molecular formula is C19H24N2O4. The first-order valence-corrected chi connectivity index (χ1v) is 8.06. The molecule has 1 unspecified atom stereocenters. The maximum absolute atomic E-state index is 12.2. The molecule has 2 N–H and O–H groups in total. The van der Waals surface area contributed by atoms with E-state index in [4.69, 9.17) is 14.2 Å². The normalized spacial score (nSPS) is 11.5. The van der Waals surface area contributed by atoms with Crippen molar-refractivity contribution in [2.45, 2.75) is 13.0 Å². The molecule has 6 nitrogen and oxygen atoms in total. The molecule has 0 fully saturated rings. The van der Waals surface area contributed by atoms with Gasteiger partial charge in [0.05, 0.1) is 19.8 Å². The Kier molecular flexibility index (Phi) is 7.10. The van der Waals surface area contributed by atoms with Crippen molar-refractivity contribution in [2.24, 2.45) is 0 Å². The molecule has 2 rings (SSSR count). The lowest BCUT2D eigenvalue weighted by molar-refractivity contribution is 0.144. The molecule has 0 aliphatic carbocycles. The van der Waals surface area contributed by atoms with Crippen molar-refractivity contribution in [3.8, 4) is 11.5 Å². The Morgan fingerprint density at radius 2 is 1.80 bits per heavy atom. The van der Waals surface area contributed by atoms with Crippen molar-refractivity contribution in [1.82, 2.24) is 5.32 Å². The molecule has 25 heavy (non-hydrogen) atoms. The number of nitrogens with one attached hydrogen (secondary N) is 2. The highest BCUT2D eigenvalue weighted by molar-refractivity contribution is 5.89. The van der Waals surface area contributed by atoms with E-state index in [0.29, 0.717) is 30.4 Å². The lowest BCUT2D eigenvalue weighted by atomic mass is 10.1. The first kappa shape index (κ1) is 18.6. The molecule has 0 aromatic heterocycles. The van der Waals surface area contributed by atoms with Crippen LogP contribution in [0.15, 0.2) is 48.5 Å². The lowest BCUT2D eigenvalue weighted by Gasteiger charge is -2.16. The van der Waals surface area contributed by atoms with Crippen molar-refractivity contribution in [1.29, 1.82) is 0 Å². The average molecular weight is 344 g/mol. The highest BCUT2D eigenvalue weighted by atomic mass is 16.5. The Bertz CT molecular complexity index is 676. The number of urea groups is 1. The summed E-state index contributed by atoms with van der Waals surface area (Å²) < 4.78 is 15.9. The second kappa shape index (κ2) is 9.54. The number of carbonyl (C=O) groups excluding carboxylic acids is 1. The molecule has 6 heteroatoms. The third-order valence-electron chi connectivity index (χ3n) is 3.61. The minimum Gasteiger partial charge on any atom is -0.493 e. The zero-order valence-electron chi connectivity index (χ0n) is 14.7. The third-order valence-corrected chi connectivity index (χ3v) is 3.61. The van der Waals surface area contributed by atoms with Crippen LogP contribution < -0.4 is 20.1 Å². The summed E-state index contributed by atoms with van der Waals surface area (Å²) in [7, 11) is 3.18. The number of amides is 2. The Labute approximate surface area is 148 Å². The standard InChI is InChI=1S/C19H24N2O4/c1-14(15-7-5-4-6-8-15)20-19(22)21-16-9-10-17(24-3)18(13-16)25-12-11-23-2/h4-10,13-14H,11-12H2,1-3H3,(H2,20,21,22). The van der Waals surface area contributed by atoms with Gasteiger partial charge in [0.2, 0.25) is 0 Å². The molecule has 0 aliphatic heterocycles. The number of hydrogen-bond donors (Lipinski definition) is 2. The first-order chi connectivity index (χ1) is 12.1. The Hall–Kier alpha value is -2.73. The van der Waals surface area contributed by atoms with E-state index in [1.807, 2.05) is 37.3 Å². The zero-order chi connectivity index (χ0) is 18.1. The molecule has 0 spiro atoms. The predicted molar refractivity (Wildman–Crippen MR) is 97.4 cm³/mol. The minimum absolute atomic E-state index is 0.100. The molecule has 2 amide bonds. The van der Waals surface area contributed by atoms with Crippen LogP contribution in [-0.4, -0.2) is 33.5 Å². The van der Waals surface area contributed by atoms with Gasteiger partial charge in [0.25, 0.3) is 0 Å². The third kappa shape index (κ3) is 5.69. The topological polar surface area (TPSA) is 68.8 Å². The second-order valence-corrected chi connectivity index (χ2v) is 5.44. The van der Waals surface area contributed by atoms with Gasteiger partial charge in [-0.2, -0.15) is 0 Å². The fraction of sp³-hybridized carbons (Fsp3) is 0.316. The van der Waals surface area contributed by atoms with Crippen LogP contribution in [0.1, 0.15) is 18.5 Å². The number of benzene rings is 2. The molecule has 0 heterocycles. The summed E-state index contributed by atoms with van der Waals surface area (Å²) in [5.41, 5.74) is 1.65. The fourth-order valence-corrected chi connectivity index (χ4v) is 2.29. The van der Waals surface area contributed by atoms with E-state index < -0.39 is 0 Å². The molecule has 2 aromatic rings. The van der Waals surface area contributed by atoms with Gasteiger partial charge in [-0.05, 0) is 24.6 Å². The molecule has 134 valence electrons. The quantitative estimate of drug-likeness (QED) is 0.718. The van der Waals surface area contributed by atoms with Gasteiger partial charge in [0.1, 0.15) is 6.61 Å². The smallest absolute Gasteiger partial charge is 0.319 e. The van der Waals surface area contributed by atoms with Crippen LogP contribution in [0.2, 0.25) is 0 Å². The molecule has 0 saturated heterocycles. The summed E-state index contributed by atoms with van der Waals surface area (Å²) in [6.07, 6.45) is 0. The molecule has 0 aliphatic rings. The largest absolute Gasteiger partial charge is 0.493 e. The van der Waals surface area contributed by atoms with Gasteiger partial charge < -0.3 is 24.8 Å².